The first-order chi connectivity index (χ1) is 9.23. The number of esters is 1. The van der Waals surface area contributed by atoms with Gasteiger partial charge in [-0.05, 0) is 19.8 Å². The largest absolute Gasteiger partial charge is 0.469 e. The SMILES string of the molecule is CCCS(=O)(=O)NC(C)C(=O)N(C)CCCC(=O)OC. The molecular weight excluding hydrogens is 284 g/mol. The van der Waals surface area contributed by atoms with Crippen molar-refractivity contribution in [1.29, 1.82) is 0 Å². The molecule has 0 aliphatic carbocycles. The smallest absolute Gasteiger partial charge is 0.305 e. The number of amides is 1. The molecule has 0 bridgehead atoms. The molecule has 0 rings (SSSR count). The van der Waals surface area contributed by atoms with Gasteiger partial charge in [0.25, 0.3) is 0 Å². The Morgan fingerprint density at radius 1 is 1.35 bits per heavy atom. The second kappa shape index (κ2) is 8.91. The lowest BCUT2D eigenvalue weighted by Crippen LogP contribution is -2.46. The molecule has 0 saturated carbocycles. The minimum atomic E-state index is -3.42. The van der Waals surface area contributed by atoms with E-state index in [0.717, 1.165) is 0 Å². The maximum absolute atomic E-state index is 12.0. The van der Waals surface area contributed by atoms with Crippen LogP contribution in [0.4, 0.5) is 0 Å². The van der Waals surface area contributed by atoms with Crippen molar-refractivity contribution < 1.29 is 22.7 Å². The number of rotatable bonds is 9. The first-order valence-electron chi connectivity index (χ1n) is 6.55. The van der Waals surface area contributed by atoms with Crippen LogP contribution in [-0.2, 0) is 24.3 Å². The number of likely N-dealkylation sites (N-methyl/N-ethyl adjacent to an activating group) is 1. The molecule has 1 atom stereocenters. The Labute approximate surface area is 120 Å². The molecule has 7 nitrogen and oxygen atoms in total. The van der Waals surface area contributed by atoms with Gasteiger partial charge in [-0.25, -0.2) is 13.1 Å². The normalized spacial score (nSPS) is 12.8. The first kappa shape index (κ1) is 18.9. The molecule has 0 fully saturated rings. The molecule has 0 spiro atoms. The fourth-order valence-electron chi connectivity index (χ4n) is 1.65. The Morgan fingerprint density at radius 2 is 1.95 bits per heavy atom. The molecule has 0 aromatic carbocycles. The third kappa shape index (κ3) is 7.44. The Hall–Kier alpha value is -1.15. The molecule has 0 radical (unpaired) electrons. The molecule has 8 heteroatoms. The number of carbonyl (C=O) groups excluding carboxylic acids is 2. The lowest BCUT2D eigenvalue weighted by Gasteiger charge is -2.21. The fraction of sp³-hybridized carbons (Fsp3) is 0.833. The zero-order valence-corrected chi connectivity index (χ0v) is 13.3. The third-order valence-electron chi connectivity index (χ3n) is 2.68. The van der Waals surface area contributed by atoms with Crippen molar-refractivity contribution in [2.24, 2.45) is 0 Å². The highest BCUT2D eigenvalue weighted by atomic mass is 32.2. The van der Waals surface area contributed by atoms with Crippen molar-refractivity contribution >= 4 is 21.9 Å². The molecule has 0 saturated heterocycles. The van der Waals surface area contributed by atoms with Crippen LogP contribution in [0.25, 0.3) is 0 Å². The summed E-state index contributed by atoms with van der Waals surface area (Å²) in [4.78, 5) is 24.3. The van der Waals surface area contributed by atoms with Gasteiger partial charge in [-0.3, -0.25) is 9.59 Å². The maximum atomic E-state index is 12.0. The van der Waals surface area contributed by atoms with E-state index in [-0.39, 0.29) is 24.1 Å². The first-order valence-corrected chi connectivity index (χ1v) is 8.20. The maximum Gasteiger partial charge on any atom is 0.305 e. The van der Waals surface area contributed by atoms with Gasteiger partial charge in [0.05, 0.1) is 18.9 Å². The van der Waals surface area contributed by atoms with Gasteiger partial charge >= 0.3 is 5.97 Å². The van der Waals surface area contributed by atoms with Crippen LogP contribution in [-0.4, -0.2) is 57.7 Å². The van der Waals surface area contributed by atoms with Crippen LogP contribution in [0, 0.1) is 0 Å². The fourth-order valence-corrected chi connectivity index (χ4v) is 2.95. The van der Waals surface area contributed by atoms with Crippen LogP contribution in [0.3, 0.4) is 0 Å². The molecule has 1 amide bonds. The van der Waals surface area contributed by atoms with E-state index in [1.807, 2.05) is 0 Å². The van der Waals surface area contributed by atoms with Gasteiger partial charge in [-0.2, -0.15) is 0 Å². The molecule has 0 aliphatic heterocycles. The Balaban J connectivity index is 4.26. The lowest BCUT2D eigenvalue weighted by atomic mass is 10.2. The number of methoxy groups -OCH3 is 1. The van der Waals surface area contributed by atoms with Crippen molar-refractivity contribution in [1.82, 2.24) is 9.62 Å². The van der Waals surface area contributed by atoms with Crippen LogP contribution >= 0.6 is 0 Å². The monoisotopic (exact) mass is 308 g/mol. The molecular formula is C12H24N2O5S. The summed E-state index contributed by atoms with van der Waals surface area (Å²) in [5.74, 6) is -0.659. The van der Waals surface area contributed by atoms with E-state index in [4.69, 9.17) is 0 Å². The number of carbonyl (C=O) groups is 2. The van der Waals surface area contributed by atoms with Gasteiger partial charge in [0.15, 0.2) is 0 Å². The van der Waals surface area contributed by atoms with E-state index in [1.165, 1.54) is 18.9 Å². The van der Waals surface area contributed by atoms with E-state index in [9.17, 15) is 18.0 Å². The number of hydrogen-bond donors (Lipinski definition) is 1. The summed E-state index contributed by atoms with van der Waals surface area (Å²) in [5, 5.41) is 0. The van der Waals surface area contributed by atoms with Gasteiger partial charge in [-0.15, -0.1) is 0 Å². The minimum Gasteiger partial charge on any atom is -0.469 e. The lowest BCUT2D eigenvalue weighted by molar-refractivity contribution is -0.141. The van der Waals surface area contributed by atoms with Gasteiger partial charge < -0.3 is 9.64 Å². The summed E-state index contributed by atoms with van der Waals surface area (Å²) >= 11 is 0. The molecule has 0 heterocycles. The minimum absolute atomic E-state index is 0.00330. The second-order valence-corrected chi connectivity index (χ2v) is 6.47. The molecule has 0 aromatic heterocycles. The number of nitrogens with zero attached hydrogens (tertiary/aromatic N) is 1. The number of sulfonamides is 1. The van der Waals surface area contributed by atoms with E-state index < -0.39 is 16.1 Å². The Kier molecular flexibility index (Phi) is 8.40. The summed E-state index contributed by atoms with van der Waals surface area (Å²) in [6.45, 7) is 3.63. The predicted molar refractivity (Wildman–Crippen MR) is 75.6 cm³/mol. The highest BCUT2D eigenvalue weighted by Crippen LogP contribution is 2.00. The molecule has 20 heavy (non-hydrogen) atoms. The average molecular weight is 308 g/mol. The molecule has 1 N–H and O–H groups in total. The Morgan fingerprint density at radius 3 is 2.45 bits per heavy atom. The van der Waals surface area contributed by atoms with Crippen LogP contribution in [0.1, 0.15) is 33.1 Å². The quantitative estimate of drug-likeness (QED) is 0.611. The van der Waals surface area contributed by atoms with E-state index in [2.05, 4.69) is 9.46 Å². The summed E-state index contributed by atoms with van der Waals surface area (Å²) in [6.07, 6.45) is 1.19. The second-order valence-electron chi connectivity index (χ2n) is 4.60. The number of hydrogen-bond acceptors (Lipinski definition) is 5. The highest BCUT2D eigenvalue weighted by molar-refractivity contribution is 7.89. The standard InChI is InChI=1S/C12H24N2O5S/c1-5-9-20(17,18)13-10(2)12(16)14(3)8-6-7-11(15)19-4/h10,13H,5-9H2,1-4H3. The third-order valence-corrected chi connectivity index (χ3v) is 4.34. The number of nitrogens with one attached hydrogen (secondary N) is 1. The van der Waals surface area contributed by atoms with E-state index in [0.29, 0.717) is 19.4 Å². The van der Waals surface area contributed by atoms with Gasteiger partial charge in [0.2, 0.25) is 15.9 Å². The molecule has 0 aliphatic rings. The van der Waals surface area contributed by atoms with Crippen molar-refractivity contribution in [3.8, 4) is 0 Å². The van der Waals surface area contributed by atoms with Crippen LogP contribution < -0.4 is 4.72 Å². The van der Waals surface area contributed by atoms with E-state index >= 15 is 0 Å². The summed E-state index contributed by atoms with van der Waals surface area (Å²) in [5.41, 5.74) is 0. The van der Waals surface area contributed by atoms with Gasteiger partial charge in [-0.1, -0.05) is 6.92 Å². The number of ether oxygens (including phenoxy) is 1. The van der Waals surface area contributed by atoms with Crippen molar-refractivity contribution in [2.75, 3.05) is 26.5 Å². The molecule has 0 aromatic rings. The summed E-state index contributed by atoms with van der Waals surface area (Å²) in [6, 6.07) is -0.810. The predicted octanol–water partition coefficient (Wildman–Crippen LogP) is 0.116. The zero-order valence-electron chi connectivity index (χ0n) is 12.5. The Bertz CT molecular complexity index is 422. The summed E-state index contributed by atoms with van der Waals surface area (Å²) < 4.78 is 30.0. The summed E-state index contributed by atoms with van der Waals surface area (Å²) in [7, 11) is -0.538. The van der Waals surface area contributed by atoms with Gasteiger partial charge in [0.1, 0.15) is 0 Å². The zero-order chi connectivity index (χ0) is 15.8. The van der Waals surface area contributed by atoms with Crippen LogP contribution in [0.15, 0.2) is 0 Å². The van der Waals surface area contributed by atoms with Crippen molar-refractivity contribution in [3.05, 3.63) is 0 Å². The van der Waals surface area contributed by atoms with Crippen molar-refractivity contribution in [3.63, 3.8) is 0 Å². The molecule has 1 unspecified atom stereocenters. The van der Waals surface area contributed by atoms with Crippen LogP contribution in [0.2, 0.25) is 0 Å². The highest BCUT2D eigenvalue weighted by Gasteiger charge is 2.22. The average Bonchev–Trinajstić information content (AvgIpc) is 2.36. The molecule has 118 valence electrons. The van der Waals surface area contributed by atoms with Gasteiger partial charge in [0, 0.05) is 20.0 Å². The van der Waals surface area contributed by atoms with Crippen LogP contribution in [0.5, 0.6) is 0 Å². The van der Waals surface area contributed by atoms with Crippen molar-refractivity contribution in [2.45, 2.75) is 39.2 Å². The topological polar surface area (TPSA) is 92.8 Å². The van der Waals surface area contributed by atoms with E-state index in [1.54, 1.807) is 14.0 Å².